The molecule has 0 aromatic rings. The summed E-state index contributed by atoms with van der Waals surface area (Å²) in [5.41, 5.74) is -0.930. The van der Waals surface area contributed by atoms with E-state index < -0.39 is 17.6 Å². The van der Waals surface area contributed by atoms with Gasteiger partial charge in [-0.3, -0.25) is 4.79 Å². The highest BCUT2D eigenvalue weighted by molar-refractivity contribution is 5.85. The first-order valence-electron chi connectivity index (χ1n) is 6.66. The molecule has 100 valence electrons. The van der Waals surface area contributed by atoms with Crippen LogP contribution in [0.3, 0.4) is 0 Å². The zero-order chi connectivity index (χ0) is 13.2. The van der Waals surface area contributed by atoms with Crippen LogP contribution < -0.4 is 0 Å². The van der Waals surface area contributed by atoms with Crippen molar-refractivity contribution >= 4 is 5.91 Å². The van der Waals surface area contributed by atoms with Gasteiger partial charge in [-0.05, 0) is 12.8 Å². The number of amides is 1. The van der Waals surface area contributed by atoms with Crippen LogP contribution in [0.5, 0.6) is 0 Å². The number of carbonyl (C=O) groups is 1. The quantitative estimate of drug-likeness (QED) is 0.662. The lowest BCUT2D eigenvalue weighted by Crippen LogP contribution is -2.42. The minimum absolute atomic E-state index is 0.142. The van der Waals surface area contributed by atoms with E-state index in [0.717, 1.165) is 25.7 Å². The van der Waals surface area contributed by atoms with Gasteiger partial charge in [-0.1, -0.05) is 25.7 Å². The molecule has 0 spiro atoms. The SMILES string of the molecule is N#CC1(C(=O)N2CC(O)C(O)C2)CCCCCC1. The molecule has 0 aromatic carbocycles. The van der Waals surface area contributed by atoms with Gasteiger partial charge in [-0.15, -0.1) is 0 Å². The second-order valence-corrected chi connectivity index (χ2v) is 5.45. The maximum absolute atomic E-state index is 12.5. The van der Waals surface area contributed by atoms with E-state index in [-0.39, 0.29) is 19.0 Å². The van der Waals surface area contributed by atoms with E-state index in [1.54, 1.807) is 0 Å². The van der Waals surface area contributed by atoms with Gasteiger partial charge in [0, 0.05) is 13.1 Å². The molecule has 2 rings (SSSR count). The second-order valence-electron chi connectivity index (χ2n) is 5.45. The van der Waals surface area contributed by atoms with Gasteiger partial charge >= 0.3 is 0 Å². The summed E-state index contributed by atoms with van der Waals surface area (Å²) >= 11 is 0. The van der Waals surface area contributed by atoms with Gasteiger partial charge in [0.2, 0.25) is 5.91 Å². The zero-order valence-electron chi connectivity index (χ0n) is 10.5. The predicted molar refractivity (Wildman–Crippen MR) is 64.3 cm³/mol. The zero-order valence-corrected chi connectivity index (χ0v) is 10.5. The number of hydrogen-bond acceptors (Lipinski definition) is 4. The number of carbonyl (C=O) groups excluding carboxylic acids is 1. The summed E-state index contributed by atoms with van der Waals surface area (Å²) in [6, 6.07) is 2.21. The van der Waals surface area contributed by atoms with Crippen LogP contribution in [0.25, 0.3) is 0 Å². The molecule has 1 aliphatic heterocycles. The predicted octanol–water partition coefficient (Wildman–Crippen LogP) is 0.415. The Labute approximate surface area is 107 Å². The van der Waals surface area contributed by atoms with Crippen molar-refractivity contribution in [3.05, 3.63) is 0 Å². The summed E-state index contributed by atoms with van der Waals surface area (Å²) in [4.78, 5) is 13.9. The number of hydrogen-bond donors (Lipinski definition) is 2. The first kappa shape index (κ1) is 13.3. The molecule has 2 aliphatic rings. The number of aliphatic hydroxyl groups excluding tert-OH is 2. The third-order valence-electron chi connectivity index (χ3n) is 4.13. The van der Waals surface area contributed by atoms with E-state index in [0.29, 0.717) is 12.8 Å². The molecule has 0 bridgehead atoms. The number of β-amino-alcohol motifs (C(OH)–C–C–N with tert-alkyl or cyclic N) is 2. The van der Waals surface area contributed by atoms with E-state index in [1.165, 1.54) is 4.90 Å². The van der Waals surface area contributed by atoms with Gasteiger partial charge in [-0.2, -0.15) is 5.26 Å². The molecule has 5 heteroatoms. The third-order valence-corrected chi connectivity index (χ3v) is 4.13. The molecule has 1 heterocycles. The molecule has 2 fully saturated rings. The Morgan fingerprint density at radius 1 is 1.11 bits per heavy atom. The van der Waals surface area contributed by atoms with Crippen LogP contribution in [0.15, 0.2) is 0 Å². The van der Waals surface area contributed by atoms with Crippen molar-refractivity contribution in [2.75, 3.05) is 13.1 Å². The molecule has 1 aliphatic carbocycles. The van der Waals surface area contributed by atoms with E-state index in [2.05, 4.69) is 6.07 Å². The number of nitriles is 1. The summed E-state index contributed by atoms with van der Waals surface area (Å²) < 4.78 is 0. The van der Waals surface area contributed by atoms with Crippen molar-refractivity contribution in [3.63, 3.8) is 0 Å². The number of nitrogens with zero attached hydrogens (tertiary/aromatic N) is 2. The van der Waals surface area contributed by atoms with Crippen molar-refractivity contribution in [1.29, 1.82) is 5.26 Å². The lowest BCUT2D eigenvalue weighted by molar-refractivity contribution is -0.139. The standard InChI is InChI=1S/C13H20N2O3/c14-9-13(5-3-1-2-4-6-13)12(18)15-7-10(16)11(17)8-15/h10-11,16-17H,1-8H2. The van der Waals surface area contributed by atoms with Crippen molar-refractivity contribution in [3.8, 4) is 6.07 Å². The Morgan fingerprint density at radius 3 is 2.06 bits per heavy atom. The van der Waals surface area contributed by atoms with Gasteiger partial charge in [0.1, 0.15) is 5.41 Å². The van der Waals surface area contributed by atoms with Crippen LogP contribution in [-0.4, -0.2) is 46.3 Å². The molecular weight excluding hydrogens is 232 g/mol. The van der Waals surface area contributed by atoms with Gasteiger partial charge in [0.25, 0.3) is 0 Å². The summed E-state index contributed by atoms with van der Waals surface area (Å²) in [6.45, 7) is 0.285. The van der Waals surface area contributed by atoms with Gasteiger partial charge < -0.3 is 15.1 Å². The van der Waals surface area contributed by atoms with Crippen LogP contribution in [0.4, 0.5) is 0 Å². The summed E-state index contributed by atoms with van der Waals surface area (Å²) in [6.07, 6.45) is 3.39. The van der Waals surface area contributed by atoms with E-state index in [9.17, 15) is 20.3 Å². The molecule has 5 nitrogen and oxygen atoms in total. The average Bonchev–Trinajstić information content (AvgIpc) is 2.59. The Balaban J connectivity index is 2.12. The lowest BCUT2D eigenvalue weighted by atomic mass is 9.80. The average molecular weight is 252 g/mol. The van der Waals surface area contributed by atoms with Crippen molar-refractivity contribution in [2.24, 2.45) is 5.41 Å². The fourth-order valence-corrected chi connectivity index (χ4v) is 2.94. The van der Waals surface area contributed by atoms with Gasteiger partial charge in [0.15, 0.2) is 0 Å². The third kappa shape index (κ3) is 2.36. The van der Waals surface area contributed by atoms with Gasteiger partial charge in [-0.25, -0.2) is 0 Å². The number of rotatable bonds is 1. The molecule has 18 heavy (non-hydrogen) atoms. The molecule has 2 unspecified atom stereocenters. The Morgan fingerprint density at radius 2 is 1.61 bits per heavy atom. The minimum atomic E-state index is -0.930. The highest BCUT2D eigenvalue weighted by Crippen LogP contribution is 2.37. The minimum Gasteiger partial charge on any atom is -0.388 e. The van der Waals surface area contributed by atoms with E-state index in [1.807, 2.05) is 0 Å². The van der Waals surface area contributed by atoms with Crippen LogP contribution >= 0.6 is 0 Å². The van der Waals surface area contributed by atoms with Crippen molar-refractivity contribution < 1.29 is 15.0 Å². The van der Waals surface area contributed by atoms with Crippen molar-refractivity contribution in [1.82, 2.24) is 4.90 Å². The van der Waals surface area contributed by atoms with Crippen LogP contribution in [0.2, 0.25) is 0 Å². The summed E-state index contributed by atoms with van der Waals surface area (Å²) in [7, 11) is 0. The van der Waals surface area contributed by atoms with Crippen LogP contribution in [0.1, 0.15) is 38.5 Å². The highest BCUT2D eigenvalue weighted by atomic mass is 16.3. The monoisotopic (exact) mass is 252 g/mol. The number of likely N-dealkylation sites (tertiary alicyclic amines) is 1. The largest absolute Gasteiger partial charge is 0.388 e. The smallest absolute Gasteiger partial charge is 0.243 e. The molecule has 2 N–H and O–H groups in total. The van der Waals surface area contributed by atoms with E-state index >= 15 is 0 Å². The Bertz CT molecular complexity index is 346. The maximum atomic E-state index is 12.5. The first-order chi connectivity index (χ1) is 8.59. The summed E-state index contributed by atoms with van der Waals surface area (Å²) in [5.74, 6) is -0.206. The topological polar surface area (TPSA) is 84.6 Å². The fourth-order valence-electron chi connectivity index (χ4n) is 2.94. The normalized spacial score (nSPS) is 31.7. The Kier molecular flexibility index (Phi) is 3.88. The van der Waals surface area contributed by atoms with E-state index in [4.69, 9.17) is 0 Å². The lowest BCUT2D eigenvalue weighted by Gasteiger charge is -2.28. The molecule has 0 radical (unpaired) electrons. The van der Waals surface area contributed by atoms with Crippen LogP contribution in [0, 0.1) is 16.7 Å². The van der Waals surface area contributed by atoms with Crippen LogP contribution in [-0.2, 0) is 4.79 Å². The molecule has 1 saturated carbocycles. The van der Waals surface area contributed by atoms with Gasteiger partial charge in [0.05, 0.1) is 18.3 Å². The fraction of sp³-hybridized carbons (Fsp3) is 0.846. The molecule has 1 saturated heterocycles. The maximum Gasteiger partial charge on any atom is 0.243 e. The molecule has 0 aromatic heterocycles. The second kappa shape index (κ2) is 5.25. The first-order valence-corrected chi connectivity index (χ1v) is 6.66. The number of aliphatic hydroxyl groups is 2. The molecule has 1 amide bonds. The molecule has 2 atom stereocenters. The Hall–Kier alpha value is -1.12. The summed E-state index contributed by atoms with van der Waals surface area (Å²) in [5, 5.41) is 28.4. The molecular formula is C13H20N2O3. The van der Waals surface area contributed by atoms with Crippen molar-refractivity contribution in [2.45, 2.75) is 50.7 Å². The highest BCUT2D eigenvalue weighted by Gasteiger charge is 2.45.